The molecular formula is C46H62N4O9. The maximum atomic E-state index is 14.0. The number of cyclic esters (lactones) is 1. The van der Waals surface area contributed by atoms with Crippen LogP contribution in [0.3, 0.4) is 0 Å². The number of pyridine rings is 2. The summed E-state index contributed by atoms with van der Waals surface area (Å²) in [6, 6.07) is 5.61. The Bertz CT molecular complexity index is 2090. The number of nitrogens with two attached hydrogens (primary N) is 1. The molecule has 0 radical (unpaired) electrons. The Balaban J connectivity index is 1.18. The number of hydrogen-bond donors (Lipinski definition) is 3. The van der Waals surface area contributed by atoms with Gasteiger partial charge in [0, 0.05) is 35.8 Å². The first-order valence-corrected chi connectivity index (χ1v) is 21.7. The van der Waals surface area contributed by atoms with E-state index in [0.29, 0.717) is 29.7 Å². The largest absolute Gasteiger partial charge is 0.508 e. The number of carbonyl (C=O) groups excluding carboxylic acids is 5. The second-order valence-corrected chi connectivity index (χ2v) is 16.4. The third kappa shape index (κ3) is 10.8. The van der Waals surface area contributed by atoms with Crippen LogP contribution in [0.2, 0.25) is 0 Å². The molecule has 0 bridgehead atoms. The first-order valence-electron chi connectivity index (χ1n) is 21.7. The number of ketones is 1. The fraction of sp³-hybridized carbons (Fsp3) is 0.587. The Morgan fingerprint density at radius 2 is 1.61 bits per heavy atom. The molecule has 2 amide bonds. The molecule has 320 valence electrons. The van der Waals surface area contributed by atoms with Crippen LogP contribution in [-0.4, -0.2) is 50.2 Å². The van der Waals surface area contributed by atoms with E-state index >= 15 is 0 Å². The molecule has 4 heterocycles. The van der Waals surface area contributed by atoms with Crippen molar-refractivity contribution in [3.63, 3.8) is 0 Å². The zero-order chi connectivity index (χ0) is 42.7. The lowest BCUT2D eigenvalue weighted by Crippen LogP contribution is -2.47. The number of ether oxygens (including phenoxy) is 2. The number of aromatic nitrogens is 2. The van der Waals surface area contributed by atoms with Gasteiger partial charge in [0.1, 0.15) is 12.4 Å². The maximum absolute atomic E-state index is 14.0. The molecule has 5 rings (SSSR count). The number of Topliss-reactive ketones (excluding diaryl/α,β-unsaturated/α-hetero) is 1. The van der Waals surface area contributed by atoms with Gasteiger partial charge in [-0.15, -0.1) is 0 Å². The van der Waals surface area contributed by atoms with E-state index in [4.69, 9.17) is 20.2 Å². The molecule has 4 N–H and O–H groups in total. The highest BCUT2D eigenvalue weighted by Crippen LogP contribution is 2.42. The van der Waals surface area contributed by atoms with Crippen molar-refractivity contribution >= 4 is 40.4 Å². The van der Waals surface area contributed by atoms with Gasteiger partial charge in [-0.3, -0.25) is 24.0 Å². The molecule has 0 spiro atoms. The number of carbonyl (C=O) groups is 5. The Kier molecular flexibility index (Phi) is 15.8. The number of esters is 2. The van der Waals surface area contributed by atoms with Gasteiger partial charge in [-0.2, -0.15) is 0 Å². The van der Waals surface area contributed by atoms with Gasteiger partial charge in [-0.1, -0.05) is 91.9 Å². The second-order valence-electron chi connectivity index (χ2n) is 16.4. The van der Waals surface area contributed by atoms with Crippen LogP contribution in [0.1, 0.15) is 159 Å². The fourth-order valence-electron chi connectivity index (χ4n) is 8.57. The average molecular weight is 815 g/mol. The van der Waals surface area contributed by atoms with Gasteiger partial charge < -0.3 is 30.2 Å². The van der Waals surface area contributed by atoms with Gasteiger partial charge in [0.25, 0.3) is 5.56 Å². The van der Waals surface area contributed by atoms with Crippen molar-refractivity contribution in [2.75, 3.05) is 0 Å². The number of phenols is 1. The molecular weight excluding hydrogens is 753 g/mol. The first-order chi connectivity index (χ1) is 28.3. The van der Waals surface area contributed by atoms with Crippen molar-refractivity contribution in [2.24, 2.45) is 11.7 Å². The van der Waals surface area contributed by atoms with Crippen molar-refractivity contribution in [2.45, 2.75) is 168 Å². The standard InChI is InChI=1S/C46H62N4O9/c1-5-8-9-10-11-12-13-14-15-16-17-18-41(54)48-37(26-40(47)53)39(52)23-29(4)19-22-42(55)59-46(7-3)35-25-38-43-33(27-50(38)44(56)34(35)28-58-45(46)57)31(6-2)32-24-30(51)20-21-36(32)49-43/h20-21,24-25,29,37,51H,5-19,22-23,26-28H2,1-4H3,(H2,47,53)(H,48,54)/t29-,37+,46-/m0/s1. The van der Waals surface area contributed by atoms with Crippen LogP contribution >= 0.6 is 0 Å². The zero-order valence-corrected chi connectivity index (χ0v) is 35.3. The van der Waals surface area contributed by atoms with E-state index in [9.17, 15) is 33.9 Å². The molecule has 0 saturated carbocycles. The Morgan fingerprint density at radius 1 is 0.932 bits per heavy atom. The summed E-state index contributed by atoms with van der Waals surface area (Å²) in [4.78, 5) is 83.9. The van der Waals surface area contributed by atoms with Crippen LogP contribution in [0.4, 0.5) is 0 Å². The maximum Gasteiger partial charge on any atom is 0.355 e. The summed E-state index contributed by atoms with van der Waals surface area (Å²) in [5.74, 6) is -3.07. The van der Waals surface area contributed by atoms with Crippen molar-refractivity contribution in [1.29, 1.82) is 0 Å². The molecule has 2 aromatic heterocycles. The average Bonchev–Trinajstić information content (AvgIpc) is 3.57. The highest BCUT2D eigenvalue weighted by molar-refractivity contribution is 5.93. The molecule has 13 heteroatoms. The Morgan fingerprint density at radius 3 is 2.25 bits per heavy atom. The molecule has 0 unspecified atom stereocenters. The van der Waals surface area contributed by atoms with Gasteiger partial charge in [0.2, 0.25) is 17.4 Å². The van der Waals surface area contributed by atoms with Gasteiger partial charge in [0.15, 0.2) is 5.78 Å². The summed E-state index contributed by atoms with van der Waals surface area (Å²) in [7, 11) is 0. The van der Waals surface area contributed by atoms with Crippen LogP contribution < -0.4 is 16.6 Å². The summed E-state index contributed by atoms with van der Waals surface area (Å²) in [6.45, 7) is 7.66. The number of benzene rings is 1. The minimum atomic E-state index is -1.87. The monoisotopic (exact) mass is 814 g/mol. The van der Waals surface area contributed by atoms with Gasteiger partial charge >= 0.3 is 11.9 Å². The highest BCUT2D eigenvalue weighted by Gasteiger charge is 2.50. The Hall–Kier alpha value is -5.07. The molecule has 13 nitrogen and oxygen atoms in total. The van der Waals surface area contributed by atoms with Crippen LogP contribution in [0, 0.1) is 5.92 Å². The number of primary amides is 1. The number of hydrogen-bond acceptors (Lipinski definition) is 10. The van der Waals surface area contributed by atoms with Crippen LogP contribution in [0.25, 0.3) is 22.3 Å². The van der Waals surface area contributed by atoms with Gasteiger partial charge in [-0.05, 0) is 61.4 Å². The minimum Gasteiger partial charge on any atom is -0.508 e. The third-order valence-electron chi connectivity index (χ3n) is 11.9. The van der Waals surface area contributed by atoms with E-state index in [1.807, 2.05) is 6.92 Å². The number of unbranched alkanes of at least 4 members (excludes halogenated alkanes) is 10. The van der Waals surface area contributed by atoms with E-state index in [2.05, 4.69) is 12.2 Å². The molecule has 2 aliphatic heterocycles. The minimum absolute atomic E-state index is 0.00663. The van der Waals surface area contributed by atoms with E-state index in [-0.39, 0.29) is 91.7 Å². The number of nitrogens with one attached hydrogen (secondary N) is 1. The van der Waals surface area contributed by atoms with Gasteiger partial charge in [0.05, 0.1) is 41.5 Å². The summed E-state index contributed by atoms with van der Waals surface area (Å²) < 4.78 is 13.1. The second kappa shape index (κ2) is 20.8. The number of nitrogens with zero attached hydrogens (tertiary/aromatic N) is 2. The SMILES string of the molecule is CCCCCCCCCCCCCC(=O)N[C@H](CC(N)=O)C(=O)C[C@@H](C)CCC(=O)O[C@]1(CC)C(=O)OCc2c1cc1n(c2=O)Cc2c-1nc1ccc(O)cc1c2CC. The smallest absolute Gasteiger partial charge is 0.355 e. The summed E-state index contributed by atoms with van der Waals surface area (Å²) >= 11 is 0. The van der Waals surface area contributed by atoms with Crippen molar-refractivity contribution in [3.8, 4) is 17.1 Å². The fourth-order valence-corrected chi connectivity index (χ4v) is 8.57. The molecule has 0 aliphatic carbocycles. The summed E-state index contributed by atoms with van der Waals surface area (Å²) in [6.07, 6.45) is 13.3. The topological polar surface area (TPSA) is 197 Å². The van der Waals surface area contributed by atoms with E-state index in [1.54, 1.807) is 42.7 Å². The van der Waals surface area contributed by atoms with Crippen LogP contribution in [0.5, 0.6) is 5.75 Å². The molecule has 3 atom stereocenters. The molecule has 0 saturated heterocycles. The van der Waals surface area contributed by atoms with E-state index < -0.39 is 29.5 Å². The van der Waals surface area contributed by atoms with Crippen LogP contribution in [-0.2, 0) is 58.6 Å². The number of rotatable bonds is 24. The van der Waals surface area contributed by atoms with Crippen LogP contribution in [0.15, 0.2) is 29.1 Å². The summed E-state index contributed by atoms with van der Waals surface area (Å²) in [5.41, 5.74) is 7.24. The number of phenolic OH excluding ortho intramolecular Hbond substituents is 1. The molecule has 59 heavy (non-hydrogen) atoms. The quantitative estimate of drug-likeness (QED) is 0.0476. The third-order valence-corrected chi connectivity index (χ3v) is 11.9. The number of fused-ring (bicyclic) bond motifs is 5. The lowest BCUT2D eigenvalue weighted by Gasteiger charge is -2.35. The van der Waals surface area contributed by atoms with Crippen molar-refractivity contribution in [3.05, 3.63) is 56.9 Å². The number of aryl methyl sites for hydroxylation is 1. The molecule has 1 aromatic carbocycles. The predicted molar refractivity (Wildman–Crippen MR) is 224 cm³/mol. The molecule has 2 aliphatic rings. The summed E-state index contributed by atoms with van der Waals surface area (Å²) in [5, 5.41) is 13.7. The number of amides is 2. The van der Waals surface area contributed by atoms with E-state index in [1.165, 1.54) is 44.9 Å². The van der Waals surface area contributed by atoms with Crippen molar-refractivity contribution in [1.82, 2.24) is 14.9 Å². The molecule has 0 fully saturated rings. The number of aromatic hydroxyl groups is 1. The van der Waals surface area contributed by atoms with Gasteiger partial charge in [-0.25, -0.2) is 9.78 Å². The lowest BCUT2D eigenvalue weighted by atomic mass is 9.85. The normalized spacial score (nSPS) is 16.4. The first kappa shape index (κ1) is 45.0. The lowest BCUT2D eigenvalue weighted by molar-refractivity contribution is -0.189. The van der Waals surface area contributed by atoms with E-state index in [0.717, 1.165) is 35.8 Å². The van der Waals surface area contributed by atoms with Crippen molar-refractivity contribution < 1.29 is 38.6 Å². The zero-order valence-electron chi connectivity index (χ0n) is 35.3. The molecule has 3 aromatic rings. The Labute approximate surface area is 346 Å². The highest BCUT2D eigenvalue weighted by atomic mass is 16.6. The predicted octanol–water partition coefficient (Wildman–Crippen LogP) is 7.34.